The number of benzene rings is 2. The van der Waals surface area contributed by atoms with E-state index in [1.807, 2.05) is 12.3 Å². The number of ether oxygens (including phenoxy) is 2. The van der Waals surface area contributed by atoms with Gasteiger partial charge in [0, 0.05) is 48.2 Å². The minimum atomic E-state index is -1.34. The number of halogens is 2. The monoisotopic (exact) mass is 623 g/mol. The van der Waals surface area contributed by atoms with Crippen molar-refractivity contribution >= 4 is 64.7 Å². The molecule has 0 radical (unpaired) electrons. The molecule has 2 aromatic carbocycles. The minimum Gasteiger partial charge on any atom is -0.497 e. The molecule has 13 heteroatoms. The van der Waals surface area contributed by atoms with Crippen molar-refractivity contribution in [2.45, 2.75) is 23.8 Å². The predicted molar refractivity (Wildman–Crippen MR) is 158 cm³/mol. The summed E-state index contributed by atoms with van der Waals surface area (Å²) in [4.78, 5) is 52.4. The maximum Gasteiger partial charge on any atom is 0.328 e. The molecule has 1 aliphatic rings. The fraction of sp³-hybridized carbons (Fsp3) is 0.357. The average molecular weight is 625 g/mol. The standard InChI is InChI=1S/C28H31Cl2N3O7S/c1-39-19-12-18(13-20(14-19)40-2)26(35)31-15-21(28(37)38)32-27(36)17-8-10-33(11-9-17)23(34)7-5-16-4-6-22(41-3)25(30)24(16)29/h4-7,12-14,17,21H,8-11,15H2,1-3H3,(H,31,35)(H,32,36)(H,37,38). The number of aliphatic carboxylic acids is 1. The molecule has 1 fully saturated rings. The molecule has 0 aromatic heterocycles. The van der Waals surface area contributed by atoms with E-state index in [-0.39, 0.29) is 18.0 Å². The third kappa shape index (κ3) is 8.54. The highest BCUT2D eigenvalue weighted by Gasteiger charge is 2.30. The van der Waals surface area contributed by atoms with Gasteiger partial charge in [0.1, 0.15) is 17.5 Å². The summed E-state index contributed by atoms with van der Waals surface area (Å²) in [5.74, 6) is -2.20. The van der Waals surface area contributed by atoms with Crippen LogP contribution in [0.4, 0.5) is 0 Å². The minimum absolute atomic E-state index is 0.213. The second-order valence-electron chi connectivity index (χ2n) is 9.13. The SMILES string of the molecule is COc1cc(OC)cc(C(=O)NCC(NC(=O)C2CCN(C(=O)C=Cc3ccc(SC)c(Cl)c3Cl)CC2)C(=O)O)c1. The smallest absolute Gasteiger partial charge is 0.328 e. The molecule has 0 bridgehead atoms. The largest absolute Gasteiger partial charge is 0.497 e. The van der Waals surface area contributed by atoms with Crippen molar-refractivity contribution in [2.24, 2.45) is 5.92 Å². The van der Waals surface area contributed by atoms with Gasteiger partial charge in [0.25, 0.3) is 5.91 Å². The van der Waals surface area contributed by atoms with Gasteiger partial charge in [-0.3, -0.25) is 14.4 Å². The molecular formula is C28H31Cl2N3O7S. The quantitative estimate of drug-likeness (QED) is 0.253. The van der Waals surface area contributed by atoms with Gasteiger partial charge in [-0.15, -0.1) is 11.8 Å². The highest BCUT2D eigenvalue weighted by Crippen LogP contribution is 2.35. The molecule has 3 amide bonds. The van der Waals surface area contributed by atoms with Crippen LogP contribution in [-0.4, -0.2) is 79.8 Å². The topological polar surface area (TPSA) is 134 Å². The van der Waals surface area contributed by atoms with E-state index in [0.717, 1.165) is 4.90 Å². The highest BCUT2D eigenvalue weighted by molar-refractivity contribution is 7.98. The van der Waals surface area contributed by atoms with Gasteiger partial charge in [0.05, 0.1) is 24.3 Å². The van der Waals surface area contributed by atoms with Crippen LogP contribution in [0, 0.1) is 5.92 Å². The molecule has 0 saturated carbocycles. The number of amides is 3. The maximum absolute atomic E-state index is 12.8. The summed E-state index contributed by atoms with van der Waals surface area (Å²) in [6.07, 6.45) is 5.64. The Morgan fingerprint density at radius 1 is 1.07 bits per heavy atom. The molecule has 1 heterocycles. The Hall–Kier alpha value is -3.41. The number of likely N-dealkylation sites (tertiary alicyclic amines) is 1. The molecule has 41 heavy (non-hydrogen) atoms. The van der Waals surface area contributed by atoms with Crippen LogP contribution in [0.25, 0.3) is 6.08 Å². The lowest BCUT2D eigenvalue weighted by atomic mass is 9.95. The molecule has 1 aliphatic heterocycles. The summed E-state index contributed by atoms with van der Waals surface area (Å²) < 4.78 is 10.3. The molecule has 0 aliphatic carbocycles. The Labute approximate surface area is 252 Å². The van der Waals surface area contributed by atoms with E-state index in [2.05, 4.69) is 10.6 Å². The second-order valence-corrected chi connectivity index (χ2v) is 10.7. The van der Waals surface area contributed by atoms with Crippen LogP contribution in [0.2, 0.25) is 10.0 Å². The lowest BCUT2D eigenvalue weighted by Crippen LogP contribution is -2.51. The van der Waals surface area contributed by atoms with Crippen molar-refractivity contribution in [2.75, 3.05) is 40.1 Å². The summed E-state index contributed by atoms with van der Waals surface area (Å²) in [7, 11) is 2.89. The Bertz CT molecular complexity index is 1310. The fourth-order valence-corrected chi connectivity index (χ4v) is 5.36. The Kier molecular flexibility index (Phi) is 11.7. The van der Waals surface area contributed by atoms with E-state index in [0.29, 0.717) is 53.0 Å². The van der Waals surface area contributed by atoms with Crippen LogP contribution in [0.3, 0.4) is 0 Å². The van der Waals surface area contributed by atoms with Crippen molar-refractivity contribution in [3.63, 3.8) is 0 Å². The number of carbonyl (C=O) groups excluding carboxylic acids is 3. The van der Waals surface area contributed by atoms with E-state index >= 15 is 0 Å². The predicted octanol–water partition coefficient (Wildman–Crippen LogP) is 3.98. The zero-order valence-electron chi connectivity index (χ0n) is 22.7. The van der Waals surface area contributed by atoms with E-state index < -0.39 is 29.7 Å². The van der Waals surface area contributed by atoms with Crippen LogP contribution >= 0.6 is 35.0 Å². The number of hydrogen-bond acceptors (Lipinski definition) is 7. The first-order chi connectivity index (χ1) is 19.6. The molecule has 0 spiro atoms. The first-order valence-electron chi connectivity index (χ1n) is 12.6. The second kappa shape index (κ2) is 15.0. The van der Waals surface area contributed by atoms with Crippen LogP contribution in [0.1, 0.15) is 28.8 Å². The van der Waals surface area contributed by atoms with Crippen molar-refractivity contribution in [1.29, 1.82) is 0 Å². The summed E-state index contributed by atoms with van der Waals surface area (Å²) >= 11 is 14.1. The maximum atomic E-state index is 12.8. The molecular weight excluding hydrogens is 593 g/mol. The first kappa shape index (κ1) is 32.1. The molecule has 1 atom stereocenters. The normalized spacial score (nSPS) is 14.4. The van der Waals surface area contributed by atoms with E-state index in [1.54, 1.807) is 23.1 Å². The molecule has 10 nitrogen and oxygen atoms in total. The van der Waals surface area contributed by atoms with E-state index in [4.69, 9.17) is 32.7 Å². The first-order valence-corrected chi connectivity index (χ1v) is 14.6. The number of carboxylic acids is 1. The summed E-state index contributed by atoms with van der Waals surface area (Å²) in [6, 6.07) is 6.86. The van der Waals surface area contributed by atoms with Crippen molar-refractivity contribution < 1.29 is 33.8 Å². The van der Waals surface area contributed by atoms with Gasteiger partial charge < -0.3 is 30.1 Å². The zero-order chi connectivity index (χ0) is 30.1. The van der Waals surface area contributed by atoms with E-state index in [9.17, 15) is 24.3 Å². The zero-order valence-corrected chi connectivity index (χ0v) is 25.1. The van der Waals surface area contributed by atoms with Crippen LogP contribution in [0.15, 0.2) is 41.3 Å². The van der Waals surface area contributed by atoms with Gasteiger partial charge >= 0.3 is 5.97 Å². The Balaban J connectivity index is 1.52. The number of rotatable bonds is 11. The molecule has 3 N–H and O–H groups in total. The lowest BCUT2D eigenvalue weighted by molar-refractivity contribution is -0.142. The van der Waals surface area contributed by atoms with Gasteiger partial charge in [0.2, 0.25) is 11.8 Å². The number of hydrogen-bond donors (Lipinski definition) is 3. The van der Waals surface area contributed by atoms with Gasteiger partial charge in [-0.25, -0.2) is 4.79 Å². The van der Waals surface area contributed by atoms with Crippen molar-refractivity contribution in [3.8, 4) is 11.5 Å². The molecule has 1 saturated heterocycles. The average Bonchev–Trinajstić information content (AvgIpc) is 2.99. The number of nitrogens with zero attached hydrogens (tertiary/aromatic N) is 1. The van der Waals surface area contributed by atoms with Gasteiger partial charge in [-0.1, -0.05) is 29.3 Å². The Morgan fingerprint density at radius 2 is 1.71 bits per heavy atom. The van der Waals surface area contributed by atoms with Crippen LogP contribution in [0.5, 0.6) is 11.5 Å². The Morgan fingerprint density at radius 3 is 2.27 bits per heavy atom. The fourth-order valence-electron chi connectivity index (χ4n) is 4.19. The number of piperidine rings is 1. The summed E-state index contributed by atoms with van der Waals surface area (Å²) in [5.41, 5.74) is 0.833. The van der Waals surface area contributed by atoms with Gasteiger partial charge in [-0.2, -0.15) is 0 Å². The van der Waals surface area contributed by atoms with Gasteiger partial charge in [-0.05, 0) is 48.9 Å². The third-order valence-electron chi connectivity index (χ3n) is 6.57. The number of nitrogens with one attached hydrogen (secondary N) is 2. The summed E-state index contributed by atoms with van der Waals surface area (Å²) in [6.45, 7) is 0.326. The number of carbonyl (C=O) groups is 4. The number of carboxylic acid groups (broad SMARTS) is 1. The van der Waals surface area contributed by atoms with Gasteiger partial charge in [0.15, 0.2) is 0 Å². The third-order valence-corrected chi connectivity index (χ3v) is 8.36. The van der Waals surface area contributed by atoms with Crippen molar-refractivity contribution in [3.05, 3.63) is 57.6 Å². The summed E-state index contributed by atoms with van der Waals surface area (Å²) in [5, 5.41) is 15.4. The van der Waals surface area contributed by atoms with Crippen molar-refractivity contribution in [1.82, 2.24) is 15.5 Å². The van der Waals surface area contributed by atoms with Crippen LogP contribution < -0.4 is 20.1 Å². The molecule has 2 aromatic rings. The number of thioether (sulfide) groups is 1. The highest BCUT2D eigenvalue weighted by atomic mass is 35.5. The van der Waals surface area contributed by atoms with E-state index in [1.165, 1.54) is 44.2 Å². The molecule has 220 valence electrons. The number of methoxy groups -OCH3 is 2. The lowest BCUT2D eigenvalue weighted by Gasteiger charge is -2.31. The molecule has 1 unspecified atom stereocenters. The molecule has 3 rings (SSSR count). The van der Waals surface area contributed by atoms with Crippen LogP contribution in [-0.2, 0) is 14.4 Å².